The van der Waals surface area contributed by atoms with Crippen LogP contribution in [-0.4, -0.2) is 41.3 Å². The largest absolute Gasteiger partial charge is 0.481 e. The first kappa shape index (κ1) is 20.5. The lowest BCUT2D eigenvalue weighted by atomic mass is 10.2. The third-order valence-electron chi connectivity index (χ3n) is 3.96. The molecule has 3 heterocycles. The Bertz CT molecular complexity index is 783. The first-order chi connectivity index (χ1) is 13.2. The molecule has 0 aromatic carbocycles. The van der Waals surface area contributed by atoms with E-state index in [1.807, 2.05) is 12.1 Å². The summed E-state index contributed by atoms with van der Waals surface area (Å²) in [6.07, 6.45) is 8.04. The zero-order valence-electron chi connectivity index (χ0n) is 15.3. The maximum absolute atomic E-state index is 10.7. The average Bonchev–Trinajstić information content (AvgIpc) is 2.74. The fourth-order valence-corrected chi connectivity index (χ4v) is 2.65. The molecule has 144 valence electrons. The molecule has 9 heteroatoms. The van der Waals surface area contributed by atoms with Crippen molar-refractivity contribution in [2.45, 2.75) is 13.0 Å². The summed E-state index contributed by atoms with van der Waals surface area (Å²) in [6, 6.07) is 7.01. The number of thiol groups is 1. The fourth-order valence-electron chi connectivity index (χ4n) is 2.65. The Morgan fingerprint density at radius 2 is 2.15 bits per heavy atom. The van der Waals surface area contributed by atoms with Gasteiger partial charge in [0.1, 0.15) is 0 Å². The van der Waals surface area contributed by atoms with Gasteiger partial charge in [0, 0.05) is 37.1 Å². The first-order valence-corrected chi connectivity index (χ1v) is 9.27. The van der Waals surface area contributed by atoms with Gasteiger partial charge in [-0.2, -0.15) is 12.6 Å². The standard InChI is InChI=1S/C17H19N5O3.CH4S/c1-25-17-9-13(6-7-18-17)10-19-14-3-2-8-21(12-14)15-4-5-16(20-11-15)22(23)24;1-2/h3-7,9,11,19H,2,8,10,12H2,1H3;2H,1H3. The number of hydrogen-bond acceptors (Lipinski definition) is 8. The predicted octanol–water partition coefficient (Wildman–Crippen LogP) is 2.82. The van der Waals surface area contributed by atoms with E-state index in [0.29, 0.717) is 19.0 Å². The van der Waals surface area contributed by atoms with Crippen molar-refractivity contribution in [2.75, 3.05) is 31.4 Å². The molecule has 2 aromatic rings. The van der Waals surface area contributed by atoms with E-state index >= 15 is 0 Å². The van der Waals surface area contributed by atoms with Crippen LogP contribution in [0, 0.1) is 10.1 Å². The van der Waals surface area contributed by atoms with Gasteiger partial charge in [-0.15, -0.1) is 0 Å². The molecule has 0 unspecified atom stereocenters. The van der Waals surface area contributed by atoms with Crippen LogP contribution in [0.25, 0.3) is 0 Å². The molecule has 0 amide bonds. The van der Waals surface area contributed by atoms with Gasteiger partial charge in [-0.05, 0) is 40.3 Å². The smallest absolute Gasteiger partial charge is 0.363 e. The lowest BCUT2D eigenvalue weighted by molar-refractivity contribution is -0.389. The third kappa shape index (κ3) is 5.85. The van der Waals surface area contributed by atoms with Crippen molar-refractivity contribution < 1.29 is 9.66 Å². The summed E-state index contributed by atoms with van der Waals surface area (Å²) >= 11 is 3.53. The number of nitrogens with zero attached hydrogens (tertiary/aromatic N) is 4. The molecule has 0 aliphatic carbocycles. The molecule has 1 N–H and O–H groups in total. The van der Waals surface area contributed by atoms with Gasteiger partial charge in [0.2, 0.25) is 5.88 Å². The maximum atomic E-state index is 10.7. The van der Waals surface area contributed by atoms with Crippen molar-refractivity contribution in [2.24, 2.45) is 0 Å². The second-order valence-electron chi connectivity index (χ2n) is 5.63. The van der Waals surface area contributed by atoms with Crippen LogP contribution in [0.15, 0.2) is 48.4 Å². The number of methoxy groups -OCH3 is 1. The van der Waals surface area contributed by atoms with Crippen molar-refractivity contribution in [3.05, 3.63) is 64.1 Å². The zero-order chi connectivity index (χ0) is 19.6. The van der Waals surface area contributed by atoms with Crippen LogP contribution in [0.1, 0.15) is 12.0 Å². The highest BCUT2D eigenvalue weighted by molar-refractivity contribution is 7.79. The van der Waals surface area contributed by atoms with Crippen LogP contribution < -0.4 is 15.0 Å². The summed E-state index contributed by atoms with van der Waals surface area (Å²) in [7, 11) is 1.60. The number of nitrogens with one attached hydrogen (secondary N) is 1. The summed E-state index contributed by atoms with van der Waals surface area (Å²) < 4.78 is 5.13. The molecule has 1 aliphatic heterocycles. The average molecular weight is 389 g/mol. The van der Waals surface area contributed by atoms with E-state index in [0.717, 1.165) is 29.9 Å². The van der Waals surface area contributed by atoms with Crippen LogP contribution in [0.5, 0.6) is 5.88 Å². The van der Waals surface area contributed by atoms with Gasteiger partial charge < -0.3 is 25.1 Å². The normalized spacial score (nSPS) is 13.1. The quantitative estimate of drug-likeness (QED) is 0.446. The van der Waals surface area contributed by atoms with Gasteiger partial charge in [0.15, 0.2) is 6.20 Å². The van der Waals surface area contributed by atoms with Gasteiger partial charge >= 0.3 is 5.82 Å². The summed E-state index contributed by atoms with van der Waals surface area (Å²) in [4.78, 5) is 20.3. The number of nitro groups is 1. The molecule has 0 saturated carbocycles. The fraction of sp³-hybridized carbons (Fsp3) is 0.333. The molecule has 3 rings (SSSR count). The minimum Gasteiger partial charge on any atom is -0.481 e. The summed E-state index contributed by atoms with van der Waals surface area (Å²) in [6.45, 7) is 2.24. The second kappa shape index (κ2) is 10.4. The molecule has 27 heavy (non-hydrogen) atoms. The van der Waals surface area contributed by atoms with E-state index < -0.39 is 4.92 Å². The van der Waals surface area contributed by atoms with Gasteiger partial charge in [0.25, 0.3) is 0 Å². The van der Waals surface area contributed by atoms with Crippen molar-refractivity contribution >= 4 is 24.1 Å². The first-order valence-electron chi connectivity index (χ1n) is 8.37. The molecule has 1 aliphatic rings. The molecule has 0 bridgehead atoms. The summed E-state index contributed by atoms with van der Waals surface area (Å²) in [5, 5.41) is 14.1. The second-order valence-corrected chi connectivity index (χ2v) is 5.63. The molecular formula is C18H23N5O3S. The lowest BCUT2D eigenvalue weighted by Crippen LogP contribution is -2.34. The van der Waals surface area contributed by atoms with E-state index in [1.54, 1.807) is 31.8 Å². The molecule has 0 spiro atoms. The Morgan fingerprint density at radius 3 is 2.81 bits per heavy atom. The van der Waals surface area contributed by atoms with E-state index in [9.17, 15) is 10.1 Å². The van der Waals surface area contributed by atoms with Gasteiger partial charge in [-0.3, -0.25) is 0 Å². The van der Waals surface area contributed by atoms with Gasteiger partial charge in [-0.1, -0.05) is 6.08 Å². The Balaban J connectivity index is 0.00000126. The molecule has 8 nitrogen and oxygen atoms in total. The topological polar surface area (TPSA) is 93.4 Å². The summed E-state index contributed by atoms with van der Waals surface area (Å²) in [5.74, 6) is 0.455. The highest BCUT2D eigenvalue weighted by Crippen LogP contribution is 2.20. The van der Waals surface area contributed by atoms with Gasteiger partial charge in [-0.25, -0.2) is 4.98 Å². The zero-order valence-corrected chi connectivity index (χ0v) is 16.2. The van der Waals surface area contributed by atoms with Crippen molar-refractivity contribution in [1.82, 2.24) is 15.3 Å². The lowest BCUT2D eigenvalue weighted by Gasteiger charge is -2.29. The van der Waals surface area contributed by atoms with Crippen LogP contribution in [0.4, 0.5) is 11.5 Å². The number of anilines is 1. The monoisotopic (exact) mass is 389 g/mol. The highest BCUT2D eigenvalue weighted by Gasteiger charge is 2.16. The SMILES string of the molecule is COc1cc(CNC2=CCCN(c3ccc([N+](=O)[O-])nc3)C2)ccn1.CS. The Kier molecular flexibility index (Phi) is 7.87. The van der Waals surface area contributed by atoms with Crippen molar-refractivity contribution in [3.8, 4) is 5.88 Å². The van der Waals surface area contributed by atoms with Crippen molar-refractivity contribution in [1.29, 1.82) is 0 Å². The molecule has 0 radical (unpaired) electrons. The van der Waals surface area contributed by atoms with Crippen LogP contribution in [0.2, 0.25) is 0 Å². The van der Waals surface area contributed by atoms with Crippen LogP contribution >= 0.6 is 12.6 Å². The van der Waals surface area contributed by atoms with Crippen LogP contribution in [-0.2, 0) is 6.54 Å². The number of rotatable bonds is 6. The maximum Gasteiger partial charge on any atom is 0.363 e. The minimum atomic E-state index is -0.490. The van der Waals surface area contributed by atoms with Crippen LogP contribution in [0.3, 0.4) is 0 Å². The third-order valence-corrected chi connectivity index (χ3v) is 3.96. The molecule has 0 saturated heterocycles. The Morgan fingerprint density at radius 1 is 1.33 bits per heavy atom. The number of hydrogen-bond donors (Lipinski definition) is 2. The summed E-state index contributed by atoms with van der Waals surface area (Å²) in [5.41, 5.74) is 3.07. The van der Waals surface area contributed by atoms with E-state index in [2.05, 4.69) is 38.9 Å². The molecular weight excluding hydrogens is 366 g/mol. The highest BCUT2D eigenvalue weighted by atomic mass is 32.1. The Hall–Kier alpha value is -2.81. The molecule has 0 fully saturated rings. The van der Waals surface area contributed by atoms with E-state index in [1.165, 1.54) is 6.07 Å². The van der Waals surface area contributed by atoms with Crippen molar-refractivity contribution in [3.63, 3.8) is 0 Å². The van der Waals surface area contributed by atoms with E-state index in [4.69, 9.17) is 4.74 Å². The molecule has 2 aromatic heterocycles. The van der Waals surface area contributed by atoms with Gasteiger partial charge in [0.05, 0.1) is 19.3 Å². The minimum absolute atomic E-state index is 0.138. The van der Waals surface area contributed by atoms with E-state index in [-0.39, 0.29) is 5.82 Å². The Labute approximate surface area is 163 Å². The number of ether oxygens (including phenoxy) is 1. The number of aromatic nitrogens is 2. The molecule has 0 atom stereocenters. The number of pyridine rings is 2. The predicted molar refractivity (Wildman–Crippen MR) is 108 cm³/mol.